The van der Waals surface area contributed by atoms with Gasteiger partial charge in [0, 0.05) is 30.5 Å². The van der Waals surface area contributed by atoms with Crippen molar-refractivity contribution in [3.05, 3.63) is 63.3 Å². The third kappa shape index (κ3) is 2.27. The number of benzene rings is 2. The zero-order valence-electron chi connectivity index (χ0n) is 13.1. The Kier molecular flexibility index (Phi) is 3.27. The van der Waals surface area contributed by atoms with Crippen molar-refractivity contribution in [1.82, 2.24) is 4.90 Å². The summed E-state index contributed by atoms with van der Waals surface area (Å²) >= 11 is 6.14. The van der Waals surface area contributed by atoms with E-state index < -0.39 is 0 Å². The average molecular weight is 327 g/mol. The fraction of sp³-hybridized carbons (Fsp3) is 0.263. The summed E-state index contributed by atoms with van der Waals surface area (Å²) in [5.41, 5.74) is 14.1. The number of nitrogens with zero attached hydrogens (tertiary/aromatic N) is 1. The van der Waals surface area contributed by atoms with E-state index in [1.165, 1.54) is 28.0 Å². The smallest absolute Gasteiger partial charge is 0.134 e. The molecule has 2 aliphatic rings. The molecule has 1 aliphatic heterocycles. The van der Waals surface area contributed by atoms with Crippen LogP contribution in [-0.4, -0.2) is 23.6 Å². The van der Waals surface area contributed by atoms with E-state index >= 15 is 0 Å². The van der Waals surface area contributed by atoms with Crippen LogP contribution in [0.4, 0.5) is 5.69 Å². The summed E-state index contributed by atoms with van der Waals surface area (Å²) in [5.74, 6) is 0.143. The van der Waals surface area contributed by atoms with Crippen LogP contribution in [0.15, 0.2) is 36.0 Å². The van der Waals surface area contributed by atoms with E-state index in [4.69, 9.17) is 17.3 Å². The second kappa shape index (κ2) is 5.20. The first kappa shape index (κ1) is 14.5. The van der Waals surface area contributed by atoms with Crippen molar-refractivity contribution in [2.45, 2.75) is 19.3 Å². The summed E-state index contributed by atoms with van der Waals surface area (Å²) in [6, 6.07) is 9.85. The van der Waals surface area contributed by atoms with Crippen molar-refractivity contribution in [3.63, 3.8) is 0 Å². The number of phenolic OH excluding ortho intramolecular Hbond substituents is 1. The number of nitrogens with two attached hydrogens (primary N) is 1. The lowest BCUT2D eigenvalue weighted by atomic mass is 9.83. The predicted molar refractivity (Wildman–Crippen MR) is 94.6 cm³/mol. The van der Waals surface area contributed by atoms with Gasteiger partial charge >= 0.3 is 0 Å². The highest BCUT2D eigenvalue weighted by Gasteiger charge is 2.27. The number of halogens is 1. The summed E-state index contributed by atoms with van der Waals surface area (Å²) in [5, 5.41) is 10.5. The summed E-state index contributed by atoms with van der Waals surface area (Å²) < 4.78 is 0. The lowest BCUT2D eigenvalue weighted by Crippen LogP contribution is -2.22. The van der Waals surface area contributed by atoms with Crippen LogP contribution in [0.5, 0.6) is 5.75 Å². The number of fused-ring (bicyclic) bond motifs is 4. The van der Waals surface area contributed by atoms with Crippen molar-refractivity contribution < 1.29 is 5.11 Å². The minimum absolute atomic E-state index is 0.143. The van der Waals surface area contributed by atoms with Crippen molar-refractivity contribution in [2.24, 2.45) is 0 Å². The highest BCUT2D eigenvalue weighted by molar-refractivity contribution is 6.32. The molecule has 0 saturated heterocycles. The molecule has 2 aromatic carbocycles. The molecule has 0 spiro atoms. The molecule has 0 unspecified atom stereocenters. The van der Waals surface area contributed by atoms with Crippen LogP contribution in [-0.2, 0) is 12.8 Å². The zero-order chi connectivity index (χ0) is 16.1. The summed E-state index contributed by atoms with van der Waals surface area (Å²) in [7, 11) is 2.14. The maximum atomic E-state index is 10.1. The Hall–Kier alpha value is -2.13. The molecule has 1 aliphatic carbocycles. The number of rotatable bonds is 0. The second-order valence-corrected chi connectivity index (χ2v) is 6.78. The number of anilines is 1. The van der Waals surface area contributed by atoms with E-state index in [9.17, 15) is 5.11 Å². The minimum Gasteiger partial charge on any atom is -0.506 e. The molecule has 4 rings (SSSR count). The Labute approximate surface area is 141 Å². The third-order valence-corrected chi connectivity index (χ3v) is 5.24. The molecule has 118 valence electrons. The van der Waals surface area contributed by atoms with Crippen LogP contribution in [0, 0.1) is 0 Å². The quantitative estimate of drug-likeness (QED) is 0.724. The summed E-state index contributed by atoms with van der Waals surface area (Å²) in [6.45, 7) is 0.956. The SMILES string of the molecule is CN1CCc2cc(Cl)c(O)cc2C2=C1CCc1cc(N)ccc12. The van der Waals surface area contributed by atoms with Gasteiger partial charge in [-0.15, -0.1) is 0 Å². The molecule has 0 saturated carbocycles. The van der Waals surface area contributed by atoms with E-state index in [2.05, 4.69) is 24.1 Å². The highest BCUT2D eigenvalue weighted by atomic mass is 35.5. The first-order valence-corrected chi connectivity index (χ1v) is 8.27. The molecule has 1 heterocycles. The van der Waals surface area contributed by atoms with Gasteiger partial charge in [0.15, 0.2) is 0 Å². The molecule has 3 nitrogen and oxygen atoms in total. The van der Waals surface area contributed by atoms with Gasteiger partial charge in [0.05, 0.1) is 5.02 Å². The Morgan fingerprint density at radius 3 is 2.65 bits per heavy atom. The molecule has 2 aromatic rings. The molecule has 0 aromatic heterocycles. The van der Waals surface area contributed by atoms with Crippen molar-refractivity contribution >= 4 is 22.9 Å². The third-order valence-electron chi connectivity index (χ3n) is 4.94. The maximum Gasteiger partial charge on any atom is 0.134 e. The minimum atomic E-state index is 0.143. The number of hydrogen-bond acceptors (Lipinski definition) is 3. The number of hydrogen-bond donors (Lipinski definition) is 2. The molecule has 0 amide bonds. The van der Waals surface area contributed by atoms with Gasteiger partial charge in [-0.2, -0.15) is 0 Å². The summed E-state index contributed by atoms with van der Waals surface area (Å²) in [4.78, 5) is 2.33. The van der Waals surface area contributed by atoms with Crippen molar-refractivity contribution in [3.8, 4) is 5.75 Å². The Morgan fingerprint density at radius 1 is 1.04 bits per heavy atom. The first-order valence-electron chi connectivity index (χ1n) is 7.89. The second-order valence-electron chi connectivity index (χ2n) is 6.37. The standard InChI is InChI=1S/C19H19ClN2O/c1-22-7-6-12-9-16(20)18(23)10-15(12)19-14-4-3-13(21)8-11(14)2-5-17(19)22/h3-4,8-10,23H,2,5-7,21H2,1H3. The van der Waals surface area contributed by atoms with Crippen LogP contribution < -0.4 is 5.73 Å². The molecule has 0 atom stereocenters. The molecular weight excluding hydrogens is 308 g/mol. The fourth-order valence-corrected chi connectivity index (χ4v) is 3.93. The van der Waals surface area contributed by atoms with Gasteiger partial charge in [-0.3, -0.25) is 0 Å². The summed E-state index contributed by atoms with van der Waals surface area (Å²) in [6.07, 6.45) is 2.91. The largest absolute Gasteiger partial charge is 0.506 e. The number of likely N-dealkylation sites (N-methyl/N-ethyl adjacent to an activating group) is 1. The van der Waals surface area contributed by atoms with Gasteiger partial charge in [0.2, 0.25) is 0 Å². The monoisotopic (exact) mass is 326 g/mol. The van der Waals surface area contributed by atoms with Gasteiger partial charge in [-0.25, -0.2) is 0 Å². The normalized spacial score (nSPS) is 16.5. The van der Waals surface area contributed by atoms with Gasteiger partial charge in [0.25, 0.3) is 0 Å². The molecular formula is C19H19ClN2O. The van der Waals surface area contributed by atoms with Crippen LogP contribution in [0.25, 0.3) is 5.57 Å². The van der Waals surface area contributed by atoms with Gasteiger partial charge < -0.3 is 15.7 Å². The van der Waals surface area contributed by atoms with E-state index in [0.717, 1.165) is 37.1 Å². The molecule has 0 radical (unpaired) electrons. The lowest BCUT2D eigenvalue weighted by Gasteiger charge is -2.29. The van der Waals surface area contributed by atoms with E-state index in [1.807, 2.05) is 18.2 Å². The number of nitrogen functional groups attached to an aromatic ring is 1. The average Bonchev–Trinajstić information content (AvgIpc) is 2.66. The fourth-order valence-electron chi connectivity index (χ4n) is 3.75. The van der Waals surface area contributed by atoms with Gasteiger partial charge in [-0.05, 0) is 65.8 Å². The lowest BCUT2D eigenvalue weighted by molar-refractivity contribution is 0.409. The van der Waals surface area contributed by atoms with Gasteiger partial charge in [0.1, 0.15) is 5.75 Å². The topological polar surface area (TPSA) is 49.5 Å². The van der Waals surface area contributed by atoms with E-state index in [1.54, 1.807) is 0 Å². The number of aromatic hydroxyl groups is 1. The molecule has 3 N–H and O–H groups in total. The zero-order valence-corrected chi connectivity index (χ0v) is 13.8. The van der Waals surface area contributed by atoms with Crippen molar-refractivity contribution in [2.75, 3.05) is 19.3 Å². The van der Waals surface area contributed by atoms with Gasteiger partial charge in [-0.1, -0.05) is 17.7 Å². The van der Waals surface area contributed by atoms with Crippen LogP contribution in [0.2, 0.25) is 5.02 Å². The molecule has 0 fully saturated rings. The Bertz CT molecular complexity index is 842. The van der Waals surface area contributed by atoms with Crippen LogP contribution >= 0.6 is 11.6 Å². The van der Waals surface area contributed by atoms with E-state index in [0.29, 0.717) is 5.02 Å². The predicted octanol–water partition coefficient (Wildman–Crippen LogP) is 3.82. The maximum absolute atomic E-state index is 10.1. The number of phenols is 1. The Balaban J connectivity index is 2.02. The Morgan fingerprint density at radius 2 is 1.83 bits per heavy atom. The molecule has 4 heteroatoms. The van der Waals surface area contributed by atoms with Crippen LogP contribution in [0.3, 0.4) is 0 Å². The number of allylic oxidation sites excluding steroid dienone is 1. The molecule has 23 heavy (non-hydrogen) atoms. The first-order chi connectivity index (χ1) is 11.0. The number of aryl methyl sites for hydroxylation is 1. The van der Waals surface area contributed by atoms with Crippen molar-refractivity contribution in [1.29, 1.82) is 0 Å². The van der Waals surface area contributed by atoms with E-state index in [-0.39, 0.29) is 5.75 Å². The molecule has 0 bridgehead atoms. The van der Waals surface area contributed by atoms with Crippen LogP contribution in [0.1, 0.15) is 28.7 Å². The highest BCUT2D eigenvalue weighted by Crippen LogP contribution is 2.43.